The number of nitrogens with one attached hydrogen (secondary N) is 1. The summed E-state index contributed by atoms with van der Waals surface area (Å²) in [6.45, 7) is 11.7. The highest BCUT2D eigenvalue weighted by Gasteiger charge is 2.24. The van der Waals surface area contributed by atoms with Crippen LogP contribution in [0.1, 0.15) is 44.9 Å². The normalized spacial score (nSPS) is 24.0. The number of ether oxygens (including phenoxy) is 1. The fraction of sp³-hybridized carbons (Fsp3) is 0.588. The van der Waals surface area contributed by atoms with Gasteiger partial charge in [-0.05, 0) is 37.5 Å². The van der Waals surface area contributed by atoms with Crippen molar-refractivity contribution in [3.8, 4) is 0 Å². The van der Waals surface area contributed by atoms with Crippen molar-refractivity contribution in [3.05, 3.63) is 29.6 Å². The Bertz CT molecular complexity index is 610. The molecule has 2 atom stereocenters. The maximum Gasteiger partial charge on any atom is 0.137 e. The summed E-state index contributed by atoms with van der Waals surface area (Å²) in [6, 6.07) is 4.20. The molecule has 0 aliphatic carbocycles. The van der Waals surface area contributed by atoms with Crippen molar-refractivity contribution in [1.29, 1.82) is 0 Å². The van der Waals surface area contributed by atoms with Crippen LogP contribution in [0, 0.1) is 0 Å². The third-order valence-electron chi connectivity index (χ3n) is 4.17. The minimum atomic E-state index is 0.305. The van der Waals surface area contributed by atoms with Crippen molar-refractivity contribution in [2.45, 2.75) is 52.4 Å². The van der Waals surface area contributed by atoms with E-state index in [1.807, 2.05) is 12.3 Å². The first kappa shape index (κ1) is 14.5. The van der Waals surface area contributed by atoms with E-state index in [1.165, 1.54) is 16.6 Å². The van der Waals surface area contributed by atoms with E-state index < -0.39 is 0 Å². The van der Waals surface area contributed by atoms with Gasteiger partial charge in [0.1, 0.15) is 5.65 Å². The van der Waals surface area contributed by atoms with Crippen molar-refractivity contribution in [2.75, 3.05) is 13.1 Å². The number of hydrogen-bond acceptors (Lipinski definition) is 3. The number of fused-ring (bicyclic) bond motifs is 1. The molecule has 4 nitrogen and oxygen atoms in total. The molecule has 4 heteroatoms. The topological polar surface area (TPSA) is 41.2 Å². The number of rotatable bonds is 3. The monoisotopic (exact) mass is 287 g/mol. The number of hydrogen-bond donors (Lipinski definition) is 1. The van der Waals surface area contributed by atoms with Gasteiger partial charge in [-0.25, -0.2) is 4.98 Å². The molecule has 2 aromatic heterocycles. The summed E-state index contributed by atoms with van der Waals surface area (Å²) >= 11 is 0. The number of morpholine rings is 1. The first-order chi connectivity index (χ1) is 10.0. The molecule has 0 aromatic carbocycles. The summed E-state index contributed by atoms with van der Waals surface area (Å²) in [7, 11) is 0. The molecule has 21 heavy (non-hydrogen) atoms. The molecular weight excluding hydrogens is 262 g/mol. The van der Waals surface area contributed by atoms with E-state index in [0.29, 0.717) is 18.1 Å². The van der Waals surface area contributed by atoms with Gasteiger partial charge >= 0.3 is 0 Å². The van der Waals surface area contributed by atoms with Crippen LogP contribution in [0.3, 0.4) is 0 Å². The molecule has 0 saturated carbocycles. The summed E-state index contributed by atoms with van der Waals surface area (Å²) in [5, 5.41) is 1.26. The highest BCUT2D eigenvalue weighted by Crippen LogP contribution is 2.28. The van der Waals surface area contributed by atoms with Gasteiger partial charge in [-0.15, -0.1) is 0 Å². The molecule has 114 valence electrons. The van der Waals surface area contributed by atoms with E-state index in [1.54, 1.807) is 0 Å². The van der Waals surface area contributed by atoms with Gasteiger partial charge in [0.15, 0.2) is 0 Å². The minimum absolute atomic E-state index is 0.305. The van der Waals surface area contributed by atoms with Gasteiger partial charge < -0.3 is 9.72 Å². The molecule has 1 aliphatic rings. The van der Waals surface area contributed by atoms with Crippen molar-refractivity contribution < 1.29 is 4.74 Å². The lowest BCUT2D eigenvalue weighted by Crippen LogP contribution is -2.44. The number of aromatic amines is 1. The molecule has 3 rings (SSSR count). The number of H-pyrrole nitrogens is 1. The highest BCUT2D eigenvalue weighted by molar-refractivity contribution is 5.81. The molecule has 0 bridgehead atoms. The van der Waals surface area contributed by atoms with Crippen LogP contribution in [0.4, 0.5) is 0 Å². The zero-order chi connectivity index (χ0) is 15.0. The third kappa shape index (κ3) is 2.97. The van der Waals surface area contributed by atoms with Crippen molar-refractivity contribution >= 4 is 11.0 Å². The molecule has 0 spiro atoms. The van der Waals surface area contributed by atoms with E-state index >= 15 is 0 Å². The highest BCUT2D eigenvalue weighted by atomic mass is 16.5. The standard InChI is InChI=1S/C17H25N3O/c1-11(2)16-15(14-6-5-7-18-17(14)19-16)10-20-8-12(3)21-13(4)9-20/h5-7,11-13H,8-10H2,1-4H3,(H,18,19)/t12-,13-/m1/s1. The Morgan fingerprint density at radius 2 is 2.05 bits per heavy atom. The molecule has 3 heterocycles. The molecule has 0 amide bonds. The second-order valence-electron chi connectivity index (χ2n) is 6.52. The summed E-state index contributed by atoms with van der Waals surface area (Å²) in [6.07, 6.45) is 2.46. The van der Waals surface area contributed by atoms with Crippen molar-refractivity contribution in [2.24, 2.45) is 0 Å². The first-order valence-electron chi connectivity index (χ1n) is 7.88. The van der Waals surface area contributed by atoms with Crippen molar-refractivity contribution in [1.82, 2.24) is 14.9 Å². The average Bonchev–Trinajstić information content (AvgIpc) is 2.77. The Balaban J connectivity index is 1.93. The fourth-order valence-electron chi connectivity index (χ4n) is 3.40. The molecule has 0 unspecified atom stereocenters. The molecule has 1 aliphatic heterocycles. The summed E-state index contributed by atoms with van der Waals surface area (Å²) in [5.41, 5.74) is 3.72. The predicted octanol–water partition coefficient (Wildman–Crippen LogP) is 3.30. The van der Waals surface area contributed by atoms with E-state index in [0.717, 1.165) is 25.3 Å². The van der Waals surface area contributed by atoms with Crippen LogP contribution in [-0.2, 0) is 11.3 Å². The van der Waals surface area contributed by atoms with Crippen LogP contribution < -0.4 is 0 Å². The summed E-state index contributed by atoms with van der Waals surface area (Å²) in [5.74, 6) is 0.477. The maximum absolute atomic E-state index is 5.84. The zero-order valence-corrected chi connectivity index (χ0v) is 13.4. The fourth-order valence-corrected chi connectivity index (χ4v) is 3.40. The Kier molecular flexibility index (Phi) is 4.00. The van der Waals surface area contributed by atoms with Gasteiger partial charge in [-0.2, -0.15) is 0 Å². The van der Waals surface area contributed by atoms with E-state index in [4.69, 9.17) is 4.74 Å². The number of aromatic nitrogens is 2. The lowest BCUT2D eigenvalue weighted by atomic mass is 10.0. The number of nitrogens with zero attached hydrogens (tertiary/aromatic N) is 2. The first-order valence-corrected chi connectivity index (χ1v) is 7.88. The average molecular weight is 287 g/mol. The van der Waals surface area contributed by atoms with E-state index in [2.05, 4.69) is 48.6 Å². The summed E-state index contributed by atoms with van der Waals surface area (Å²) < 4.78 is 5.84. The van der Waals surface area contributed by atoms with E-state index in [-0.39, 0.29) is 0 Å². The predicted molar refractivity (Wildman–Crippen MR) is 85.5 cm³/mol. The Morgan fingerprint density at radius 3 is 2.71 bits per heavy atom. The maximum atomic E-state index is 5.84. The minimum Gasteiger partial charge on any atom is -0.373 e. The molecule has 1 N–H and O–H groups in total. The van der Waals surface area contributed by atoms with Crippen LogP contribution in [0.5, 0.6) is 0 Å². The largest absolute Gasteiger partial charge is 0.373 e. The Hall–Kier alpha value is -1.39. The third-order valence-corrected chi connectivity index (χ3v) is 4.17. The van der Waals surface area contributed by atoms with Gasteiger partial charge in [-0.3, -0.25) is 4.90 Å². The van der Waals surface area contributed by atoms with Crippen LogP contribution in [-0.4, -0.2) is 40.2 Å². The lowest BCUT2D eigenvalue weighted by molar-refractivity contribution is -0.0704. The zero-order valence-electron chi connectivity index (χ0n) is 13.4. The second-order valence-corrected chi connectivity index (χ2v) is 6.52. The Morgan fingerprint density at radius 1 is 1.33 bits per heavy atom. The quantitative estimate of drug-likeness (QED) is 0.941. The number of pyridine rings is 1. The van der Waals surface area contributed by atoms with Crippen LogP contribution in [0.15, 0.2) is 18.3 Å². The second kappa shape index (κ2) is 5.78. The molecule has 2 aromatic rings. The van der Waals surface area contributed by atoms with Gasteiger partial charge in [0.25, 0.3) is 0 Å². The van der Waals surface area contributed by atoms with Crippen LogP contribution >= 0.6 is 0 Å². The summed E-state index contributed by atoms with van der Waals surface area (Å²) in [4.78, 5) is 10.5. The van der Waals surface area contributed by atoms with Gasteiger partial charge in [0.05, 0.1) is 12.2 Å². The SMILES string of the molecule is CC(C)c1[nH]c2ncccc2c1CN1C[C@@H](C)O[C@H](C)C1. The molecule has 0 radical (unpaired) electrons. The van der Waals surface area contributed by atoms with Gasteiger partial charge in [-0.1, -0.05) is 13.8 Å². The molecule has 1 fully saturated rings. The Labute approximate surface area is 126 Å². The molecule has 1 saturated heterocycles. The molecular formula is C17H25N3O. The van der Waals surface area contributed by atoms with Crippen LogP contribution in [0.2, 0.25) is 0 Å². The van der Waals surface area contributed by atoms with Gasteiger partial charge in [0, 0.05) is 36.9 Å². The lowest BCUT2D eigenvalue weighted by Gasteiger charge is -2.35. The van der Waals surface area contributed by atoms with Crippen LogP contribution in [0.25, 0.3) is 11.0 Å². The van der Waals surface area contributed by atoms with Crippen molar-refractivity contribution in [3.63, 3.8) is 0 Å². The van der Waals surface area contributed by atoms with Gasteiger partial charge in [0.2, 0.25) is 0 Å². The smallest absolute Gasteiger partial charge is 0.137 e. The van der Waals surface area contributed by atoms with E-state index in [9.17, 15) is 0 Å².